The highest BCUT2D eigenvalue weighted by atomic mass is 16.5. The van der Waals surface area contributed by atoms with Crippen LogP contribution in [0, 0.1) is 6.92 Å². The van der Waals surface area contributed by atoms with Crippen molar-refractivity contribution in [2.24, 2.45) is 0 Å². The van der Waals surface area contributed by atoms with E-state index >= 15 is 0 Å². The molecule has 0 saturated carbocycles. The van der Waals surface area contributed by atoms with Crippen LogP contribution in [0.4, 0.5) is 5.69 Å². The van der Waals surface area contributed by atoms with Crippen molar-refractivity contribution in [3.05, 3.63) is 77.0 Å². The molecule has 1 amide bonds. The number of carbonyl (C=O) groups is 1. The Hall–Kier alpha value is -3.40. The summed E-state index contributed by atoms with van der Waals surface area (Å²) in [5, 5.41) is 16.8. The third-order valence-corrected chi connectivity index (χ3v) is 6.67. The largest absolute Gasteiger partial charge is 0.485 e. The van der Waals surface area contributed by atoms with Gasteiger partial charge in [0.25, 0.3) is 5.91 Å². The zero-order valence-electron chi connectivity index (χ0n) is 20.4. The molecular formula is C27H32N4O5. The topological polar surface area (TPSA) is 109 Å². The minimum atomic E-state index is -0.658. The molecule has 3 aromatic rings. The molecule has 190 valence electrons. The Morgan fingerprint density at radius 3 is 2.97 bits per heavy atom. The summed E-state index contributed by atoms with van der Waals surface area (Å²) < 4.78 is 16.4. The quantitative estimate of drug-likeness (QED) is 0.396. The predicted molar refractivity (Wildman–Crippen MR) is 134 cm³/mol. The maximum atomic E-state index is 12.6. The molecule has 1 saturated heterocycles. The van der Waals surface area contributed by atoms with Gasteiger partial charge in [-0.1, -0.05) is 12.1 Å². The molecule has 5 rings (SSSR count). The van der Waals surface area contributed by atoms with Crippen molar-refractivity contribution in [3.8, 4) is 5.75 Å². The van der Waals surface area contributed by atoms with Gasteiger partial charge < -0.3 is 29.6 Å². The summed E-state index contributed by atoms with van der Waals surface area (Å²) in [6.07, 6.45) is 3.27. The second-order valence-corrected chi connectivity index (χ2v) is 9.39. The summed E-state index contributed by atoms with van der Waals surface area (Å²) in [7, 11) is 0. The van der Waals surface area contributed by atoms with Gasteiger partial charge in [0.05, 0.1) is 31.6 Å². The SMILES string of the molecule is Cc1c(OCc2cnco2)ccc2c1CCN(C[C@@H](O)CNC(=O)c1cccc(NC3COC3)c1)C2. The van der Waals surface area contributed by atoms with Crippen LogP contribution >= 0.6 is 0 Å². The highest BCUT2D eigenvalue weighted by molar-refractivity contribution is 5.95. The minimum Gasteiger partial charge on any atom is -0.485 e. The van der Waals surface area contributed by atoms with Crippen molar-refractivity contribution in [1.82, 2.24) is 15.2 Å². The first-order valence-corrected chi connectivity index (χ1v) is 12.3. The maximum Gasteiger partial charge on any atom is 0.251 e. The smallest absolute Gasteiger partial charge is 0.251 e. The molecule has 0 spiro atoms. The van der Waals surface area contributed by atoms with Gasteiger partial charge >= 0.3 is 0 Å². The monoisotopic (exact) mass is 492 g/mol. The zero-order chi connectivity index (χ0) is 24.9. The molecule has 0 bridgehead atoms. The lowest BCUT2D eigenvalue weighted by Crippen LogP contribution is -2.42. The van der Waals surface area contributed by atoms with Crippen LogP contribution in [0.25, 0.3) is 0 Å². The number of amides is 1. The second-order valence-electron chi connectivity index (χ2n) is 9.39. The van der Waals surface area contributed by atoms with Gasteiger partial charge in [-0.25, -0.2) is 4.98 Å². The summed E-state index contributed by atoms with van der Waals surface area (Å²) in [6, 6.07) is 11.8. The maximum absolute atomic E-state index is 12.6. The Morgan fingerprint density at radius 2 is 2.19 bits per heavy atom. The van der Waals surface area contributed by atoms with E-state index in [-0.39, 0.29) is 12.5 Å². The number of aliphatic hydroxyl groups excluding tert-OH is 1. The lowest BCUT2D eigenvalue weighted by molar-refractivity contribution is 0.0211. The molecule has 2 aliphatic rings. The molecule has 1 fully saturated rings. The van der Waals surface area contributed by atoms with Crippen LogP contribution < -0.4 is 15.4 Å². The summed E-state index contributed by atoms with van der Waals surface area (Å²) in [4.78, 5) is 18.7. The van der Waals surface area contributed by atoms with E-state index in [1.54, 1.807) is 12.3 Å². The van der Waals surface area contributed by atoms with E-state index in [0.29, 0.717) is 43.7 Å². The molecule has 9 heteroatoms. The fraction of sp³-hybridized carbons (Fsp3) is 0.407. The van der Waals surface area contributed by atoms with Crippen molar-refractivity contribution in [1.29, 1.82) is 0 Å². The minimum absolute atomic E-state index is 0.194. The third-order valence-electron chi connectivity index (χ3n) is 6.67. The highest BCUT2D eigenvalue weighted by Gasteiger charge is 2.22. The highest BCUT2D eigenvalue weighted by Crippen LogP contribution is 2.30. The molecule has 9 nitrogen and oxygen atoms in total. The number of nitrogens with one attached hydrogen (secondary N) is 2. The van der Waals surface area contributed by atoms with E-state index in [4.69, 9.17) is 13.9 Å². The van der Waals surface area contributed by atoms with Crippen LogP contribution in [0.1, 0.15) is 32.8 Å². The Labute approximate surface area is 210 Å². The van der Waals surface area contributed by atoms with Crippen molar-refractivity contribution < 1.29 is 23.8 Å². The van der Waals surface area contributed by atoms with E-state index < -0.39 is 6.10 Å². The van der Waals surface area contributed by atoms with Crippen LogP contribution in [-0.4, -0.2) is 65.9 Å². The van der Waals surface area contributed by atoms with Crippen molar-refractivity contribution in [3.63, 3.8) is 0 Å². The number of ether oxygens (including phenoxy) is 2. The summed E-state index contributed by atoms with van der Waals surface area (Å²) >= 11 is 0. The van der Waals surface area contributed by atoms with E-state index in [2.05, 4.69) is 33.5 Å². The summed E-state index contributed by atoms with van der Waals surface area (Å²) in [5.41, 5.74) is 5.14. The Kier molecular flexibility index (Phi) is 7.50. The first-order chi connectivity index (χ1) is 17.5. The van der Waals surface area contributed by atoms with Gasteiger partial charge in [-0.05, 0) is 54.3 Å². The molecule has 36 heavy (non-hydrogen) atoms. The molecule has 0 aliphatic carbocycles. The number of rotatable bonds is 10. The fourth-order valence-corrected chi connectivity index (χ4v) is 4.63. The van der Waals surface area contributed by atoms with E-state index in [1.807, 2.05) is 24.3 Å². The number of fused-ring (bicyclic) bond motifs is 1. The number of nitrogens with zero attached hydrogens (tertiary/aromatic N) is 2. The molecule has 0 radical (unpaired) electrons. The van der Waals surface area contributed by atoms with E-state index in [1.165, 1.54) is 17.5 Å². The van der Waals surface area contributed by atoms with Crippen LogP contribution in [0.3, 0.4) is 0 Å². The molecule has 1 aromatic heterocycles. The molecule has 3 heterocycles. The summed E-state index contributed by atoms with van der Waals surface area (Å²) in [6.45, 7) is 6.07. The fourth-order valence-electron chi connectivity index (χ4n) is 4.63. The molecular weight excluding hydrogens is 460 g/mol. The average molecular weight is 493 g/mol. The zero-order valence-corrected chi connectivity index (χ0v) is 20.4. The van der Waals surface area contributed by atoms with Crippen LogP contribution in [0.15, 0.2) is 53.4 Å². The average Bonchev–Trinajstić information content (AvgIpc) is 3.38. The number of hydrogen-bond donors (Lipinski definition) is 3. The van der Waals surface area contributed by atoms with Gasteiger partial charge in [0, 0.05) is 37.4 Å². The van der Waals surface area contributed by atoms with Gasteiger partial charge in [0.2, 0.25) is 0 Å². The van der Waals surface area contributed by atoms with E-state index in [9.17, 15) is 9.90 Å². The number of carbonyl (C=O) groups excluding carboxylic acids is 1. The van der Waals surface area contributed by atoms with Crippen LogP contribution in [0.5, 0.6) is 5.75 Å². The van der Waals surface area contributed by atoms with Gasteiger partial charge in [-0.15, -0.1) is 0 Å². The molecule has 1 atom stereocenters. The van der Waals surface area contributed by atoms with E-state index in [0.717, 1.165) is 36.5 Å². The third kappa shape index (κ3) is 5.87. The number of aromatic nitrogens is 1. The Balaban J connectivity index is 1.10. The molecule has 2 aliphatic heterocycles. The lowest BCUT2D eigenvalue weighted by atomic mass is 9.94. The first-order valence-electron chi connectivity index (χ1n) is 12.3. The number of benzene rings is 2. The number of anilines is 1. The van der Waals surface area contributed by atoms with Gasteiger partial charge in [-0.2, -0.15) is 0 Å². The summed E-state index contributed by atoms with van der Waals surface area (Å²) in [5.74, 6) is 1.34. The van der Waals surface area contributed by atoms with Gasteiger partial charge in [-0.3, -0.25) is 9.69 Å². The van der Waals surface area contributed by atoms with Gasteiger partial charge in [0.1, 0.15) is 12.4 Å². The van der Waals surface area contributed by atoms with Crippen LogP contribution in [0.2, 0.25) is 0 Å². The normalized spacial score (nSPS) is 16.6. The Morgan fingerprint density at radius 1 is 1.31 bits per heavy atom. The van der Waals surface area contributed by atoms with Crippen molar-refractivity contribution >= 4 is 11.6 Å². The molecule has 2 aromatic carbocycles. The number of β-amino-alcohol motifs (C(OH)–C–C–N with tert-alkyl or cyclic N) is 1. The van der Waals surface area contributed by atoms with Crippen molar-refractivity contribution in [2.45, 2.75) is 38.6 Å². The number of oxazole rings is 1. The van der Waals surface area contributed by atoms with Crippen molar-refractivity contribution in [2.75, 3.05) is 38.2 Å². The predicted octanol–water partition coefficient (Wildman–Crippen LogP) is 2.52. The van der Waals surface area contributed by atoms with Gasteiger partial charge in [0.15, 0.2) is 12.2 Å². The lowest BCUT2D eigenvalue weighted by Gasteiger charge is -2.31. The Bertz CT molecular complexity index is 1180. The van der Waals surface area contributed by atoms with Crippen LogP contribution in [-0.2, 0) is 24.3 Å². The second kappa shape index (κ2) is 11.1. The first kappa shape index (κ1) is 24.3. The number of hydrogen-bond acceptors (Lipinski definition) is 8. The molecule has 3 N–H and O–H groups in total. The molecule has 0 unspecified atom stereocenters. The standard InChI is InChI=1S/C27H32N4O5/c1-18-25-7-8-31(12-20(25)5-6-26(18)35-16-24-11-28-17-36-24)13-23(32)10-29-27(33)19-3-2-4-21(9-19)30-22-14-34-15-22/h2-6,9,11,17,22-23,30,32H,7-8,10,12-16H2,1H3,(H,29,33)/t23-/m0/s1. The number of aliphatic hydroxyl groups is 1.